The maximum absolute atomic E-state index is 14.1. The number of halogens is 1. The van der Waals surface area contributed by atoms with Crippen LogP contribution in [0.15, 0.2) is 72.8 Å². The van der Waals surface area contributed by atoms with Gasteiger partial charge < -0.3 is 18.9 Å². The van der Waals surface area contributed by atoms with Crippen LogP contribution in [-0.2, 0) is 27.5 Å². The number of hydrogen-bond donors (Lipinski definition) is 0. The number of esters is 1. The first-order chi connectivity index (χ1) is 14.6. The third-order valence-electron chi connectivity index (χ3n) is 4.65. The van der Waals surface area contributed by atoms with Gasteiger partial charge in [0.2, 0.25) is 6.29 Å². The van der Waals surface area contributed by atoms with Crippen molar-refractivity contribution in [1.29, 1.82) is 0 Å². The van der Waals surface area contributed by atoms with E-state index in [1.165, 1.54) is 12.1 Å². The van der Waals surface area contributed by atoms with E-state index in [1.807, 2.05) is 48.5 Å². The third-order valence-corrected chi connectivity index (χ3v) is 4.65. The number of rotatable bonds is 6. The van der Waals surface area contributed by atoms with E-state index < -0.39 is 24.2 Å². The summed E-state index contributed by atoms with van der Waals surface area (Å²) < 4.78 is 36.7. The molecule has 3 aromatic carbocycles. The molecule has 0 N–H and O–H groups in total. The minimum absolute atomic E-state index is 0.136. The molecule has 1 aliphatic rings. The molecule has 0 unspecified atom stereocenters. The number of para-hydroxylation sites is 1. The quantitative estimate of drug-likeness (QED) is 0.541. The first kappa shape index (κ1) is 19.9. The van der Waals surface area contributed by atoms with E-state index in [0.29, 0.717) is 22.6 Å². The predicted octanol–water partition coefficient (Wildman–Crippen LogP) is 4.94. The largest absolute Gasteiger partial charge is 0.479 e. The zero-order valence-electron chi connectivity index (χ0n) is 16.4. The Morgan fingerprint density at radius 3 is 2.53 bits per heavy atom. The van der Waals surface area contributed by atoms with Crippen molar-refractivity contribution < 1.29 is 28.1 Å². The maximum Gasteiger partial charge on any atom is 0.347 e. The molecule has 0 saturated heterocycles. The van der Waals surface area contributed by atoms with Crippen LogP contribution in [0.4, 0.5) is 4.39 Å². The van der Waals surface area contributed by atoms with Crippen LogP contribution in [-0.4, -0.2) is 12.1 Å². The SMILES string of the molecule is C[C@@H](Oc1ccccc1)C(=O)OCc1cc(F)cc2c1O[C@H](c1ccccc1)OC2. The van der Waals surface area contributed by atoms with Crippen molar-refractivity contribution in [2.45, 2.75) is 32.5 Å². The van der Waals surface area contributed by atoms with Crippen LogP contribution in [0.25, 0.3) is 0 Å². The third kappa shape index (κ3) is 4.60. The van der Waals surface area contributed by atoms with E-state index in [4.69, 9.17) is 18.9 Å². The number of hydrogen-bond acceptors (Lipinski definition) is 5. The monoisotopic (exact) mass is 408 g/mol. The van der Waals surface area contributed by atoms with Gasteiger partial charge in [0, 0.05) is 16.7 Å². The Bertz CT molecular complexity index is 1010. The highest BCUT2D eigenvalue weighted by Gasteiger charge is 2.26. The maximum atomic E-state index is 14.1. The highest BCUT2D eigenvalue weighted by Crippen LogP contribution is 2.36. The fraction of sp³-hybridized carbons (Fsp3) is 0.208. The lowest BCUT2D eigenvalue weighted by Gasteiger charge is -2.28. The molecule has 6 heteroatoms. The van der Waals surface area contributed by atoms with Gasteiger partial charge in [-0.1, -0.05) is 48.5 Å². The lowest BCUT2D eigenvalue weighted by Crippen LogP contribution is -2.26. The first-order valence-electron chi connectivity index (χ1n) is 9.63. The Kier molecular flexibility index (Phi) is 5.95. The number of carbonyl (C=O) groups is 1. The summed E-state index contributed by atoms with van der Waals surface area (Å²) in [7, 11) is 0. The average Bonchev–Trinajstić information content (AvgIpc) is 2.78. The molecule has 0 aromatic heterocycles. The summed E-state index contributed by atoms with van der Waals surface area (Å²) in [5.74, 6) is 0.0412. The minimum atomic E-state index is -0.807. The normalized spacial score (nSPS) is 16.1. The van der Waals surface area contributed by atoms with Gasteiger partial charge in [0.15, 0.2) is 6.10 Å². The van der Waals surface area contributed by atoms with E-state index >= 15 is 0 Å². The minimum Gasteiger partial charge on any atom is -0.479 e. The molecule has 3 aromatic rings. The smallest absolute Gasteiger partial charge is 0.347 e. The van der Waals surface area contributed by atoms with Crippen LogP contribution in [0.5, 0.6) is 11.5 Å². The van der Waals surface area contributed by atoms with Crippen molar-refractivity contribution in [2.24, 2.45) is 0 Å². The van der Waals surface area contributed by atoms with Crippen molar-refractivity contribution in [1.82, 2.24) is 0 Å². The van der Waals surface area contributed by atoms with E-state index in [1.54, 1.807) is 19.1 Å². The Balaban J connectivity index is 1.46. The first-order valence-corrected chi connectivity index (χ1v) is 9.63. The second-order valence-electron chi connectivity index (χ2n) is 6.91. The van der Waals surface area contributed by atoms with E-state index in [9.17, 15) is 9.18 Å². The van der Waals surface area contributed by atoms with Gasteiger partial charge in [-0.05, 0) is 31.2 Å². The van der Waals surface area contributed by atoms with Crippen molar-refractivity contribution >= 4 is 5.97 Å². The Morgan fingerprint density at radius 1 is 1.10 bits per heavy atom. The van der Waals surface area contributed by atoms with Crippen LogP contribution in [0.2, 0.25) is 0 Å². The van der Waals surface area contributed by atoms with Gasteiger partial charge >= 0.3 is 5.97 Å². The molecule has 30 heavy (non-hydrogen) atoms. The van der Waals surface area contributed by atoms with Crippen LogP contribution in [0.3, 0.4) is 0 Å². The summed E-state index contributed by atoms with van der Waals surface area (Å²) in [6.45, 7) is 1.66. The molecular formula is C24H21FO5. The highest BCUT2D eigenvalue weighted by molar-refractivity contribution is 5.74. The van der Waals surface area contributed by atoms with Crippen molar-refractivity contribution in [3.63, 3.8) is 0 Å². The molecule has 2 atom stereocenters. The second-order valence-corrected chi connectivity index (χ2v) is 6.91. The number of carbonyl (C=O) groups excluding carboxylic acids is 1. The predicted molar refractivity (Wildman–Crippen MR) is 107 cm³/mol. The Labute approximate surface area is 174 Å². The zero-order valence-corrected chi connectivity index (χ0v) is 16.4. The number of benzene rings is 3. The van der Waals surface area contributed by atoms with Gasteiger partial charge in [-0.25, -0.2) is 9.18 Å². The molecule has 5 nitrogen and oxygen atoms in total. The molecule has 0 aliphatic carbocycles. The van der Waals surface area contributed by atoms with Gasteiger partial charge in [-0.3, -0.25) is 0 Å². The molecule has 0 radical (unpaired) electrons. The Hall–Kier alpha value is -3.38. The van der Waals surface area contributed by atoms with Crippen molar-refractivity contribution in [3.05, 3.63) is 95.3 Å². The van der Waals surface area contributed by atoms with E-state index in [2.05, 4.69) is 0 Å². The van der Waals surface area contributed by atoms with E-state index in [0.717, 1.165) is 5.56 Å². The summed E-state index contributed by atoms with van der Waals surface area (Å²) in [6, 6.07) is 21.1. The van der Waals surface area contributed by atoms with Crippen LogP contribution >= 0.6 is 0 Å². The summed E-state index contributed by atoms with van der Waals surface area (Å²) in [6.07, 6.45) is -1.42. The fourth-order valence-corrected chi connectivity index (χ4v) is 3.18. The standard InChI is InChI=1S/C24H21FO5/c1-16(29-21-10-6-3-7-11-21)23(26)27-14-18-12-20(25)13-19-15-28-24(30-22(18)19)17-8-4-2-5-9-17/h2-13,16,24H,14-15H2,1H3/t16-,24-/m1/s1. The van der Waals surface area contributed by atoms with Gasteiger partial charge in [-0.15, -0.1) is 0 Å². The number of fused-ring (bicyclic) bond motifs is 1. The molecular weight excluding hydrogens is 387 g/mol. The molecule has 0 bridgehead atoms. The average molecular weight is 408 g/mol. The van der Waals surface area contributed by atoms with Gasteiger partial charge in [-0.2, -0.15) is 0 Å². The fourth-order valence-electron chi connectivity index (χ4n) is 3.18. The lowest BCUT2D eigenvalue weighted by atomic mass is 10.1. The zero-order chi connectivity index (χ0) is 20.9. The van der Waals surface area contributed by atoms with Crippen molar-refractivity contribution in [3.8, 4) is 11.5 Å². The topological polar surface area (TPSA) is 54.0 Å². The molecule has 0 amide bonds. The molecule has 0 fully saturated rings. The van der Waals surface area contributed by atoms with Crippen LogP contribution < -0.4 is 9.47 Å². The van der Waals surface area contributed by atoms with Crippen LogP contribution in [0.1, 0.15) is 29.9 Å². The molecule has 0 spiro atoms. The second kappa shape index (κ2) is 8.97. The van der Waals surface area contributed by atoms with Crippen molar-refractivity contribution in [2.75, 3.05) is 0 Å². The molecule has 4 rings (SSSR count). The molecule has 1 heterocycles. The Morgan fingerprint density at radius 2 is 1.80 bits per heavy atom. The molecule has 0 saturated carbocycles. The van der Waals surface area contributed by atoms with Gasteiger partial charge in [0.25, 0.3) is 0 Å². The van der Waals surface area contributed by atoms with Crippen LogP contribution in [0, 0.1) is 5.82 Å². The van der Waals surface area contributed by atoms with E-state index in [-0.39, 0.29) is 13.2 Å². The summed E-state index contributed by atoms with van der Waals surface area (Å²) in [5.41, 5.74) is 1.86. The summed E-state index contributed by atoms with van der Waals surface area (Å²) >= 11 is 0. The summed E-state index contributed by atoms with van der Waals surface area (Å²) in [5, 5.41) is 0. The number of ether oxygens (including phenoxy) is 4. The summed E-state index contributed by atoms with van der Waals surface area (Å²) in [4.78, 5) is 12.4. The van der Waals surface area contributed by atoms with Gasteiger partial charge in [0.05, 0.1) is 6.61 Å². The molecule has 1 aliphatic heterocycles. The van der Waals surface area contributed by atoms with Gasteiger partial charge in [0.1, 0.15) is 23.9 Å². The lowest BCUT2D eigenvalue weighted by molar-refractivity contribution is -0.152. The molecule has 154 valence electrons. The highest BCUT2D eigenvalue weighted by atomic mass is 19.1.